The summed E-state index contributed by atoms with van der Waals surface area (Å²) < 4.78 is 7.98. The van der Waals surface area contributed by atoms with Crippen molar-refractivity contribution in [2.24, 2.45) is 0 Å². The SMILES string of the molecule is C.CC.CC.CCCc1cc(OCc2ccccc2)n(Cc2ccccc2)n1.Cl.[CH3-].[Y]. The van der Waals surface area contributed by atoms with E-state index in [2.05, 4.69) is 49.4 Å². The van der Waals surface area contributed by atoms with Gasteiger partial charge >= 0.3 is 0 Å². The van der Waals surface area contributed by atoms with Crippen LogP contribution in [0.1, 0.15) is 65.3 Å². The summed E-state index contributed by atoms with van der Waals surface area (Å²) >= 11 is 0. The van der Waals surface area contributed by atoms with Crippen LogP contribution >= 0.6 is 12.4 Å². The van der Waals surface area contributed by atoms with Gasteiger partial charge < -0.3 is 12.2 Å². The first-order chi connectivity index (χ1) is 13.3. The van der Waals surface area contributed by atoms with E-state index in [-0.39, 0.29) is 60.0 Å². The molecule has 0 N–H and O–H groups in total. The molecular formula is C26H42ClN2OY-. The number of ether oxygens (including phenoxy) is 1. The Morgan fingerprint density at radius 1 is 0.839 bits per heavy atom. The van der Waals surface area contributed by atoms with E-state index in [0.29, 0.717) is 6.61 Å². The van der Waals surface area contributed by atoms with Crippen LogP contribution in [0.2, 0.25) is 0 Å². The summed E-state index contributed by atoms with van der Waals surface area (Å²) in [5.74, 6) is 0.834. The Labute approximate surface area is 223 Å². The predicted molar refractivity (Wildman–Crippen MR) is 136 cm³/mol. The number of aromatic nitrogens is 2. The van der Waals surface area contributed by atoms with Crippen LogP contribution in [0.15, 0.2) is 66.7 Å². The van der Waals surface area contributed by atoms with Crippen LogP contribution in [0.3, 0.4) is 0 Å². The van der Waals surface area contributed by atoms with Crippen LogP contribution < -0.4 is 4.74 Å². The van der Waals surface area contributed by atoms with E-state index < -0.39 is 0 Å². The minimum atomic E-state index is 0. The summed E-state index contributed by atoms with van der Waals surface area (Å²) in [5, 5.41) is 4.70. The molecule has 1 heterocycles. The standard InChI is InChI=1S/C20H22N2O.2C2H6.CH4.CH3.ClH.Y/c1-2-9-19-14-20(23-16-18-12-7-4-8-13-18)22(21-19)15-17-10-5-3-6-11-17;2*1-2;;;;/h3-8,10-14H,2,9,15-16H2,1H3;2*1-2H3;1H4;1H3;1H;/q;;;;-1;;. The topological polar surface area (TPSA) is 27.1 Å². The predicted octanol–water partition coefficient (Wildman–Crippen LogP) is 8.02. The summed E-state index contributed by atoms with van der Waals surface area (Å²) in [6.07, 6.45) is 2.06. The zero-order valence-corrected chi connectivity index (χ0v) is 23.1. The van der Waals surface area contributed by atoms with Gasteiger partial charge in [-0.25, -0.2) is 4.68 Å². The number of hydrogen-bond donors (Lipinski definition) is 0. The molecule has 0 saturated carbocycles. The summed E-state index contributed by atoms with van der Waals surface area (Å²) in [4.78, 5) is 0. The van der Waals surface area contributed by atoms with Crippen LogP contribution in [0.4, 0.5) is 0 Å². The zero-order valence-electron chi connectivity index (χ0n) is 19.5. The summed E-state index contributed by atoms with van der Waals surface area (Å²) in [6, 6.07) is 22.7. The van der Waals surface area contributed by atoms with Crippen molar-refractivity contribution in [2.45, 2.75) is 68.0 Å². The average molecular weight is 523 g/mol. The number of hydrogen-bond acceptors (Lipinski definition) is 2. The third-order valence-electron chi connectivity index (χ3n) is 3.70. The van der Waals surface area contributed by atoms with Crippen molar-refractivity contribution in [2.75, 3.05) is 0 Å². The molecule has 0 spiro atoms. The minimum Gasteiger partial charge on any atom is -0.473 e. The van der Waals surface area contributed by atoms with Crippen LogP contribution in [0, 0.1) is 7.43 Å². The molecular weight excluding hydrogens is 481 g/mol. The first kappa shape index (κ1) is 37.2. The molecule has 3 aromatic rings. The number of rotatable bonds is 7. The number of nitrogens with zero attached hydrogens (tertiary/aromatic N) is 2. The Balaban J connectivity index is -0.000000431. The van der Waals surface area contributed by atoms with E-state index in [1.165, 1.54) is 5.56 Å². The third-order valence-corrected chi connectivity index (χ3v) is 3.70. The average Bonchev–Trinajstić information content (AvgIpc) is 3.12. The van der Waals surface area contributed by atoms with Crippen LogP contribution in [0.5, 0.6) is 5.88 Å². The maximum absolute atomic E-state index is 6.02. The van der Waals surface area contributed by atoms with E-state index in [1.807, 2.05) is 56.6 Å². The van der Waals surface area contributed by atoms with Gasteiger partial charge in [-0.15, -0.1) is 12.4 Å². The Morgan fingerprint density at radius 2 is 1.32 bits per heavy atom. The van der Waals surface area contributed by atoms with Gasteiger partial charge in [-0.2, -0.15) is 5.10 Å². The molecule has 0 atom stereocenters. The smallest absolute Gasteiger partial charge is 0.212 e. The molecule has 1 radical (unpaired) electrons. The van der Waals surface area contributed by atoms with Crippen molar-refractivity contribution in [1.82, 2.24) is 9.78 Å². The number of benzene rings is 2. The molecule has 0 fully saturated rings. The van der Waals surface area contributed by atoms with Crippen LogP contribution in [0.25, 0.3) is 0 Å². The summed E-state index contributed by atoms with van der Waals surface area (Å²) in [5.41, 5.74) is 3.48. The second-order valence-electron chi connectivity index (χ2n) is 5.64. The second-order valence-corrected chi connectivity index (χ2v) is 5.64. The molecule has 0 amide bonds. The van der Waals surface area contributed by atoms with Crippen molar-refractivity contribution in [3.8, 4) is 5.88 Å². The molecule has 3 nitrogen and oxygen atoms in total. The molecule has 3 rings (SSSR count). The molecule has 0 saturated heterocycles. The van der Waals surface area contributed by atoms with Gasteiger partial charge in [0.2, 0.25) is 5.88 Å². The number of aryl methyl sites for hydroxylation is 1. The van der Waals surface area contributed by atoms with Gasteiger partial charge in [-0.3, -0.25) is 0 Å². The fourth-order valence-electron chi connectivity index (χ4n) is 2.55. The molecule has 2 aromatic carbocycles. The summed E-state index contributed by atoms with van der Waals surface area (Å²) in [7, 11) is 0. The molecule has 5 heteroatoms. The Morgan fingerprint density at radius 3 is 1.81 bits per heavy atom. The molecule has 31 heavy (non-hydrogen) atoms. The van der Waals surface area contributed by atoms with Crippen molar-refractivity contribution in [3.63, 3.8) is 0 Å². The quantitative estimate of drug-likeness (QED) is 0.294. The van der Waals surface area contributed by atoms with Gasteiger partial charge in [-0.05, 0) is 17.5 Å². The molecule has 0 aliphatic carbocycles. The maximum atomic E-state index is 6.02. The summed E-state index contributed by atoms with van der Waals surface area (Å²) in [6.45, 7) is 11.5. The van der Waals surface area contributed by atoms with Gasteiger partial charge in [0, 0.05) is 38.8 Å². The van der Waals surface area contributed by atoms with Gasteiger partial charge in [0.15, 0.2) is 0 Å². The zero-order chi connectivity index (χ0) is 19.9. The van der Waals surface area contributed by atoms with Gasteiger partial charge in [0.1, 0.15) is 6.61 Å². The molecule has 173 valence electrons. The fraction of sp³-hybridized carbons (Fsp3) is 0.385. The first-order valence-electron chi connectivity index (χ1n) is 10.1. The molecule has 0 aliphatic heterocycles. The van der Waals surface area contributed by atoms with E-state index in [9.17, 15) is 0 Å². The van der Waals surface area contributed by atoms with Crippen molar-refractivity contribution >= 4 is 12.4 Å². The van der Waals surface area contributed by atoms with E-state index in [4.69, 9.17) is 9.84 Å². The third kappa shape index (κ3) is 13.8. The van der Waals surface area contributed by atoms with Crippen LogP contribution in [-0.2, 0) is 52.3 Å². The maximum Gasteiger partial charge on any atom is 0.212 e. The Kier molecular flexibility index (Phi) is 28.2. The van der Waals surface area contributed by atoms with E-state index >= 15 is 0 Å². The van der Waals surface area contributed by atoms with E-state index in [1.54, 1.807) is 0 Å². The van der Waals surface area contributed by atoms with E-state index in [0.717, 1.165) is 36.5 Å². The van der Waals surface area contributed by atoms with Crippen molar-refractivity contribution < 1.29 is 37.4 Å². The minimum absolute atomic E-state index is 0. The fourth-order valence-corrected chi connectivity index (χ4v) is 2.55. The second kappa shape index (κ2) is 23.5. The normalized spacial score (nSPS) is 8.29. The Bertz CT molecular complexity index is 734. The first-order valence-corrected chi connectivity index (χ1v) is 10.1. The van der Waals surface area contributed by atoms with Gasteiger partial charge in [-0.1, -0.05) is 109 Å². The van der Waals surface area contributed by atoms with Gasteiger partial charge in [0.05, 0.1) is 12.2 Å². The van der Waals surface area contributed by atoms with Crippen molar-refractivity contribution in [1.29, 1.82) is 0 Å². The van der Waals surface area contributed by atoms with Crippen molar-refractivity contribution in [3.05, 3.63) is 91.0 Å². The van der Waals surface area contributed by atoms with Crippen LogP contribution in [-0.4, -0.2) is 9.78 Å². The Hall–Kier alpha value is -1.16. The molecule has 1 aromatic heterocycles. The molecule has 0 bridgehead atoms. The molecule has 0 aliphatic rings. The molecule has 0 unspecified atom stereocenters. The van der Waals surface area contributed by atoms with Gasteiger partial charge in [0.25, 0.3) is 0 Å². The largest absolute Gasteiger partial charge is 0.473 e. The number of halogens is 1. The monoisotopic (exact) mass is 522 g/mol.